The second kappa shape index (κ2) is 5.35. The van der Waals surface area contributed by atoms with Gasteiger partial charge in [0.2, 0.25) is 6.79 Å². The number of carbonyl (C=O) groups excluding carboxylic acids is 2. The van der Waals surface area contributed by atoms with Gasteiger partial charge in [-0.3, -0.25) is 9.59 Å². The van der Waals surface area contributed by atoms with Crippen LogP contribution in [0.2, 0.25) is 0 Å². The highest BCUT2D eigenvalue weighted by molar-refractivity contribution is 8.78. The quantitative estimate of drug-likeness (QED) is 0.668. The van der Waals surface area contributed by atoms with Gasteiger partial charge in [0.25, 0.3) is 11.8 Å². The Hall–Kier alpha value is -2.05. The van der Waals surface area contributed by atoms with E-state index in [-0.39, 0.29) is 24.6 Å². The van der Waals surface area contributed by atoms with E-state index in [2.05, 4.69) is 6.07 Å². The zero-order chi connectivity index (χ0) is 20.2. The molecule has 1 aliphatic carbocycles. The molecular weight excluding hydrogens is 410 g/mol. The van der Waals surface area contributed by atoms with Crippen molar-refractivity contribution in [1.82, 2.24) is 9.80 Å². The van der Waals surface area contributed by atoms with Crippen molar-refractivity contribution in [3.05, 3.63) is 23.8 Å². The normalized spacial score (nSPS) is 39.7. The van der Waals surface area contributed by atoms with Crippen LogP contribution >= 0.6 is 21.6 Å². The van der Waals surface area contributed by atoms with E-state index in [1.807, 2.05) is 36.9 Å². The minimum Gasteiger partial charge on any atom is -0.454 e. The number of amides is 2. The summed E-state index contributed by atoms with van der Waals surface area (Å²) in [7, 11) is 2.93. The Bertz CT molecular complexity index is 1020. The average molecular weight is 430 g/mol. The lowest BCUT2D eigenvalue weighted by Crippen LogP contribution is -2.75. The summed E-state index contributed by atoms with van der Waals surface area (Å²) in [6, 6.07) is 7.61. The highest BCUT2D eigenvalue weighted by Gasteiger charge is 2.76. The summed E-state index contributed by atoms with van der Waals surface area (Å²) < 4.78 is 10.9. The number of nitriles is 1. The number of ether oxygens (including phenoxy) is 2. The van der Waals surface area contributed by atoms with E-state index in [4.69, 9.17) is 9.47 Å². The van der Waals surface area contributed by atoms with Crippen molar-refractivity contribution in [2.45, 2.75) is 54.9 Å². The van der Waals surface area contributed by atoms with Gasteiger partial charge in [0.1, 0.15) is 0 Å². The van der Waals surface area contributed by atoms with Crippen molar-refractivity contribution in [3.8, 4) is 17.6 Å². The van der Waals surface area contributed by atoms with Gasteiger partial charge in [-0.25, -0.2) is 0 Å². The second-order valence-electron chi connectivity index (χ2n) is 8.74. The van der Waals surface area contributed by atoms with E-state index in [0.29, 0.717) is 17.9 Å². The lowest BCUT2D eigenvalue weighted by atomic mass is 9.79. The first-order chi connectivity index (χ1) is 13.8. The largest absolute Gasteiger partial charge is 0.454 e. The Labute approximate surface area is 176 Å². The van der Waals surface area contributed by atoms with Crippen LogP contribution in [-0.4, -0.2) is 44.2 Å². The zero-order valence-electron chi connectivity index (χ0n) is 16.0. The van der Waals surface area contributed by atoms with Crippen molar-refractivity contribution in [2.75, 3.05) is 6.79 Å². The fraction of sp³-hybridized carbons (Fsp3) is 0.550. The zero-order valence-corrected chi connectivity index (χ0v) is 17.6. The van der Waals surface area contributed by atoms with Crippen LogP contribution in [0.4, 0.5) is 0 Å². The van der Waals surface area contributed by atoms with Gasteiger partial charge in [0, 0.05) is 12.5 Å². The summed E-state index contributed by atoms with van der Waals surface area (Å²) in [5, 5.41) is 10.2. The maximum atomic E-state index is 13.8. The molecule has 2 amide bonds. The maximum Gasteiger partial charge on any atom is 0.261 e. The molecule has 5 heterocycles. The van der Waals surface area contributed by atoms with E-state index < -0.39 is 21.2 Å². The monoisotopic (exact) mass is 429 g/mol. The van der Waals surface area contributed by atoms with Crippen LogP contribution in [0.25, 0.3) is 0 Å². The maximum absolute atomic E-state index is 13.8. The molecule has 6 aliphatic rings. The van der Waals surface area contributed by atoms with Crippen LogP contribution in [0.3, 0.4) is 0 Å². The summed E-state index contributed by atoms with van der Waals surface area (Å²) in [5.41, 5.74) is -0.0896. The van der Waals surface area contributed by atoms with Gasteiger partial charge < -0.3 is 19.3 Å². The van der Waals surface area contributed by atoms with Crippen LogP contribution < -0.4 is 9.47 Å². The van der Waals surface area contributed by atoms with Crippen LogP contribution in [0.1, 0.15) is 44.7 Å². The molecule has 0 radical (unpaired) electrons. The lowest BCUT2D eigenvalue weighted by Gasteiger charge is -2.58. The molecule has 4 atom stereocenters. The Morgan fingerprint density at radius 1 is 1.10 bits per heavy atom. The summed E-state index contributed by atoms with van der Waals surface area (Å²) in [4.78, 5) is 29.1. The van der Waals surface area contributed by atoms with Crippen LogP contribution in [0, 0.1) is 16.7 Å². The molecule has 9 heteroatoms. The summed E-state index contributed by atoms with van der Waals surface area (Å²) >= 11 is 0. The molecular formula is C20H19N3O4S2. The molecule has 5 fully saturated rings. The summed E-state index contributed by atoms with van der Waals surface area (Å²) in [6.07, 6.45) is 2.20. The Kier molecular flexibility index (Phi) is 3.28. The number of benzene rings is 1. The van der Waals surface area contributed by atoms with E-state index in [0.717, 1.165) is 18.4 Å². The van der Waals surface area contributed by atoms with Gasteiger partial charge in [-0.15, -0.1) is 0 Å². The molecule has 5 aliphatic heterocycles. The smallest absolute Gasteiger partial charge is 0.261 e. The molecule has 1 unspecified atom stereocenters. The molecule has 7 rings (SSSR count). The van der Waals surface area contributed by atoms with Gasteiger partial charge in [0.05, 0.1) is 17.5 Å². The van der Waals surface area contributed by atoms with Gasteiger partial charge in [-0.2, -0.15) is 5.26 Å². The molecule has 29 heavy (non-hydrogen) atoms. The molecule has 0 N–H and O–H groups in total. The molecule has 4 saturated heterocycles. The Morgan fingerprint density at radius 3 is 2.59 bits per heavy atom. The van der Waals surface area contributed by atoms with Crippen molar-refractivity contribution in [3.63, 3.8) is 0 Å². The van der Waals surface area contributed by atoms with E-state index in [1.165, 1.54) is 21.6 Å². The average Bonchev–Trinajstić information content (AvgIpc) is 3.34. The van der Waals surface area contributed by atoms with Gasteiger partial charge in [-0.05, 0) is 44.4 Å². The highest BCUT2D eigenvalue weighted by Crippen LogP contribution is 2.70. The minimum absolute atomic E-state index is 0.0180. The number of carbonyl (C=O) groups is 2. The third-order valence-corrected chi connectivity index (χ3v) is 10.3. The molecule has 1 aromatic rings. The topological polar surface area (TPSA) is 82.9 Å². The molecule has 1 aromatic carbocycles. The molecule has 150 valence electrons. The number of hydrogen-bond acceptors (Lipinski definition) is 7. The van der Waals surface area contributed by atoms with Gasteiger partial charge >= 0.3 is 0 Å². The molecule has 7 nitrogen and oxygen atoms in total. The van der Waals surface area contributed by atoms with Crippen molar-refractivity contribution in [1.29, 1.82) is 5.26 Å². The number of fused-ring (bicyclic) bond motifs is 3. The minimum atomic E-state index is -1.03. The van der Waals surface area contributed by atoms with E-state index >= 15 is 0 Å². The number of nitrogens with zero attached hydrogens (tertiary/aromatic N) is 3. The van der Waals surface area contributed by atoms with Crippen LogP contribution in [0.5, 0.6) is 11.5 Å². The Morgan fingerprint density at radius 2 is 1.86 bits per heavy atom. The fourth-order valence-electron chi connectivity index (χ4n) is 5.22. The predicted octanol–water partition coefficient (Wildman–Crippen LogP) is 3.03. The first-order valence-electron chi connectivity index (χ1n) is 9.69. The summed E-state index contributed by atoms with van der Waals surface area (Å²) in [6.45, 7) is 3.87. The highest BCUT2D eigenvalue weighted by atomic mass is 33.1. The number of hydrogen-bond donors (Lipinski definition) is 0. The van der Waals surface area contributed by atoms with Crippen LogP contribution in [0.15, 0.2) is 18.2 Å². The van der Waals surface area contributed by atoms with Crippen molar-refractivity contribution < 1.29 is 19.1 Å². The summed E-state index contributed by atoms with van der Waals surface area (Å²) in [5.74, 6) is 1.17. The van der Waals surface area contributed by atoms with Crippen molar-refractivity contribution >= 4 is 33.4 Å². The van der Waals surface area contributed by atoms with Gasteiger partial charge in [0.15, 0.2) is 21.2 Å². The molecule has 0 aromatic heterocycles. The lowest BCUT2D eigenvalue weighted by molar-refractivity contribution is -0.166. The standard InChI is InChI=1S/C20H19N3O4S2/c1-18(9-21)8-20-17(25)22(12-4-5-12)19(2,28-29-20)16(24)23(20)15(18)11-3-6-13-14(7-11)27-10-26-13/h3,6-7,12,15H,4-5,8,10H2,1-2H3/t15-,18+,19?,20-/m0/s1. The second-order valence-corrected chi connectivity index (χ2v) is 11.5. The van der Waals surface area contributed by atoms with E-state index in [1.54, 1.807) is 4.90 Å². The SMILES string of the molecule is CC12SS[C@@]3(C[C@](C)(C#N)[C@H](c4ccc5c(c4)OCO5)N3C1=O)C(=O)N2C1CC1. The third kappa shape index (κ3) is 2.01. The predicted molar refractivity (Wildman–Crippen MR) is 107 cm³/mol. The molecule has 2 bridgehead atoms. The molecule has 1 spiro atoms. The van der Waals surface area contributed by atoms with Crippen LogP contribution in [-0.2, 0) is 9.59 Å². The number of rotatable bonds is 2. The van der Waals surface area contributed by atoms with E-state index in [9.17, 15) is 14.9 Å². The fourth-order valence-corrected chi connectivity index (χ4v) is 8.79. The Balaban J connectivity index is 1.53. The first-order valence-corrected chi connectivity index (χ1v) is 11.8. The van der Waals surface area contributed by atoms with Gasteiger partial charge in [-0.1, -0.05) is 27.7 Å². The third-order valence-electron chi connectivity index (χ3n) is 6.71. The first kappa shape index (κ1) is 17.8. The molecule has 1 saturated carbocycles. The van der Waals surface area contributed by atoms with Crippen molar-refractivity contribution in [2.24, 2.45) is 5.41 Å². The number of piperazine rings is 1.